The highest BCUT2D eigenvalue weighted by Gasteiger charge is 2.19. The quantitative estimate of drug-likeness (QED) is 0.774. The van der Waals surface area contributed by atoms with Crippen LogP contribution in [-0.2, 0) is 9.59 Å². The molecule has 2 amide bonds. The predicted molar refractivity (Wildman–Crippen MR) is 105 cm³/mol. The van der Waals surface area contributed by atoms with Gasteiger partial charge in [-0.15, -0.1) is 0 Å². The molecule has 0 spiro atoms. The summed E-state index contributed by atoms with van der Waals surface area (Å²) in [5.74, 6) is 0.855. The average molecular weight is 370 g/mol. The number of methoxy groups -OCH3 is 2. The first-order valence-corrected chi connectivity index (χ1v) is 8.80. The number of carbonyl (C=O) groups is 2. The van der Waals surface area contributed by atoms with E-state index in [1.807, 2.05) is 37.3 Å². The van der Waals surface area contributed by atoms with Crippen LogP contribution in [0.25, 0.3) is 0 Å². The van der Waals surface area contributed by atoms with Crippen LogP contribution in [0.5, 0.6) is 11.5 Å². The van der Waals surface area contributed by atoms with Gasteiger partial charge in [-0.1, -0.05) is 30.3 Å². The van der Waals surface area contributed by atoms with Crippen molar-refractivity contribution in [3.05, 3.63) is 54.1 Å². The number of nitrogens with one attached hydrogen (secondary N) is 1. The van der Waals surface area contributed by atoms with Crippen molar-refractivity contribution in [2.75, 3.05) is 25.7 Å². The lowest BCUT2D eigenvalue weighted by molar-refractivity contribution is -0.121. The van der Waals surface area contributed by atoms with E-state index in [2.05, 4.69) is 5.32 Å². The predicted octanol–water partition coefficient (Wildman–Crippen LogP) is 3.32. The van der Waals surface area contributed by atoms with Crippen molar-refractivity contribution in [1.29, 1.82) is 0 Å². The molecule has 0 aliphatic carbocycles. The second-order valence-electron chi connectivity index (χ2n) is 6.16. The van der Waals surface area contributed by atoms with Gasteiger partial charge in [-0.25, -0.2) is 0 Å². The molecule has 1 unspecified atom stereocenters. The zero-order valence-electron chi connectivity index (χ0n) is 16.2. The summed E-state index contributed by atoms with van der Waals surface area (Å²) >= 11 is 0. The molecule has 0 aliphatic rings. The molecule has 2 rings (SSSR count). The summed E-state index contributed by atoms with van der Waals surface area (Å²) < 4.78 is 10.6. The van der Waals surface area contributed by atoms with Crippen LogP contribution >= 0.6 is 0 Å². The SMILES string of the molecule is COc1ccc(OC)c(N(CCC(=O)NC(C)c2ccccc2)C(C)=O)c1. The van der Waals surface area contributed by atoms with Gasteiger partial charge >= 0.3 is 0 Å². The maximum absolute atomic E-state index is 12.4. The van der Waals surface area contributed by atoms with Gasteiger partial charge in [-0.2, -0.15) is 0 Å². The van der Waals surface area contributed by atoms with Crippen LogP contribution in [0.4, 0.5) is 5.69 Å². The highest BCUT2D eigenvalue weighted by Crippen LogP contribution is 2.32. The van der Waals surface area contributed by atoms with Crippen molar-refractivity contribution in [1.82, 2.24) is 5.32 Å². The lowest BCUT2D eigenvalue weighted by Crippen LogP contribution is -2.34. The van der Waals surface area contributed by atoms with E-state index in [9.17, 15) is 9.59 Å². The third-order valence-corrected chi connectivity index (χ3v) is 4.30. The van der Waals surface area contributed by atoms with Crippen LogP contribution in [0, 0.1) is 0 Å². The van der Waals surface area contributed by atoms with E-state index >= 15 is 0 Å². The Hall–Kier alpha value is -3.02. The van der Waals surface area contributed by atoms with Gasteiger partial charge in [0.15, 0.2) is 0 Å². The molecule has 0 fully saturated rings. The van der Waals surface area contributed by atoms with Crippen molar-refractivity contribution in [2.45, 2.75) is 26.3 Å². The molecule has 6 heteroatoms. The minimum absolute atomic E-state index is 0.101. The van der Waals surface area contributed by atoms with E-state index < -0.39 is 0 Å². The van der Waals surface area contributed by atoms with Gasteiger partial charge in [0, 0.05) is 26.0 Å². The van der Waals surface area contributed by atoms with Crippen molar-refractivity contribution in [3.63, 3.8) is 0 Å². The normalized spacial score (nSPS) is 11.4. The van der Waals surface area contributed by atoms with E-state index in [1.54, 1.807) is 25.3 Å². The number of rotatable bonds is 8. The Balaban J connectivity index is 2.07. The smallest absolute Gasteiger partial charge is 0.223 e. The van der Waals surface area contributed by atoms with Gasteiger partial charge in [-0.3, -0.25) is 9.59 Å². The second-order valence-corrected chi connectivity index (χ2v) is 6.16. The Labute approximate surface area is 160 Å². The number of amides is 2. The monoisotopic (exact) mass is 370 g/mol. The summed E-state index contributed by atoms with van der Waals surface area (Å²) in [6, 6.07) is 14.9. The third kappa shape index (κ3) is 5.48. The minimum atomic E-state index is -0.175. The molecule has 0 heterocycles. The number of benzene rings is 2. The summed E-state index contributed by atoms with van der Waals surface area (Å²) in [6.07, 6.45) is 0.178. The van der Waals surface area contributed by atoms with Crippen molar-refractivity contribution in [2.24, 2.45) is 0 Å². The van der Waals surface area contributed by atoms with Gasteiger partial charge in [-0.05, 0) is 24.6 Å². The maximum atomic E-state index is 12.4. The Morgan fingerprint density at radius 2 is 1.78 bits per heavy atom. The lowest BCUT2D eigenvalue weighted by atomic mass is 10.1. The number of carbonyl (C=O) groups excluding carboxylic acids is 2. The fraction of sp³-hybridized carbons (Fsp3) is 0.333. The largest absolute Gasteiger partial charge is 0.497 e. The maximum Gasteiger partial charge on any atom is 0.223 e. The molecule has 6 nitrogen and oxygen atoms in total. The van der Waals surface area contributed by atoms with Gasteiger partial charge in [0.25, 0.3) is 0 Å². The molecule has 2 aromatic carbocycles. The summed E-state index contributed by atoms with van der Waals surface area (Å²) in [5, 5.41) is 2.96. The first-order chi connectivity index (χ1) is 13.0. The average Bonchev–Trinajstić information content (AvgIpc) is 2.68. The summed E-state index contributed by atoms with van der Waals surface area (Å²) in [6.45, 7) is 3.64. The van der Waals surface area contributed by atoms with Gasteiger partial charge < -0.3 is 19.7 Å². The molecule has 0 aliphatic heterocycles. The van der Waals surface area contributed by atoms with E-state index in [1.165, 1.54) is 18.9 Å². The number of hydrogen-bond donors (Lipinski definition) is 1. The fourth-order valence-electron chi connectivity index (χ4n) is 2.81. The minimum Gasteiger partial charge on any atom is -0.497 e. The molecule has 0 saturated carbocycles. The summed E-state index contributed by atoms with van der Waals surface area (Å²) in [5.41, 5.74) is 1.61. The van der Waals surface area contributed by atoms with Crippen LogP contribution in [0.15, 0.2) is 48.5 Å². The number of ether oxygens (including phenoxy) is 2. The molecule has 1 atom stereocenters. The lowest BCUT2D eigenvalue weighted by Gasteiger charge is -2.24. The number of nitrogens with zero attached hydrogens (tertiary/aromatic N) is 1. The molecule has 0 bridgehead atoms. The molecule has 0 saturated heterocycles. The highest BCUT2D eigenvalue weighted by atomic mass is 16.5. The van der Waals surface area contributed by atoms with Gasteiger partial charge in [0.05, 0.1) is 25.9 Å². The number of anilines is 1. The van der Waals surface area contributed by atoms with E-state index in [0.29, 0.717) is 17.2 Å². The molecule has 2 aromatic rings. The zero-order valence-corrected chi connectivity index (χ0v) is 16.2. The summed E-state index contributed by atoms with van der Waals surface area (Å²) in [4.78, 5) is 26.0. The van der Waals surface area contributed by atoms with Crippen LogP contribution in [0.1, 0.15) is 31.9 Å². The Kier molecular flexibility index (Phi) is 7.23. The van der Waals surface area contributed by atoms with Gasteiger partial charge in [0.2, 0.25) is 11.8 Å². The molecular weight excluding hydrogens is 344 g/mol. The van der Waals surface area contributed by atoms with E-state index in [0.717, 1.165) is 5.56 Å². The topological polar surface area (TPSA) is 67.9 Å². The molecule has 0 radical (unpaired) electrons. The standard InChI is InChI=1S/C21H26N2O4/c1-15(17-8-6-5-7-9-17)22-21(25)12-13-23(16(2)24)19-14-18(26-3)10-11-20(19)27-4/h5-11,14-15H,12-13H2,1-4H3,(H,22,25). The first kappa shape index (κ1) is 20.3. The first-order valence-electron chi connectivity index (χ1n) is 8.80. The third-order valence-electron chi connectivity index (χ3n) is 4.30. The second kappa shape index (κ2) is 9.62. The van der Waals surface area contributed by atoms with Gasteiger partial charge in [0.1, 0.15) is 11.5 Å². The van der Waals surface area contributed by atoms with Crippen LogP contribution in [0.3, 0.4) is 0 Å². The molecular formula is C21H26N2O4. The highest BCUT2D eigenvalue weighted by molar-refractivity contribution is 5.94. The Morgan fingerprint density at radius 1 is 1.07 bits per heavy atom. The summed E-state index contributed by atoms with van der Waals surface area (Å²) in [7, 11) is 3.10. The Morgan fingerprint density at radius 3 is 2.37 bits per heavy atom. The Bertz CT molecular complexity index is 777. The zero-order chi connectivity index (χ0) is 19.8. The van der Waals surface area contributed by atoms with E-state index in [-0.39, 0.29) is 30.8 Å². The van der Waals surface area contributed by atoms with Crippen molar-refractivity contribution < 1.29 is 19.1 Å². The molecule has 27 heavy (non-hydrogen) atoms. The van der Waals surface area contributed by atoms with Crippen molar-refractivity contribution in [3.8, 4) is 11.5 Å². The fourth-order valence-corrected chi connectivity index (χ4v) is 2.81. The molecule has 144 valence electrons. The number of hydrogen-bond acceptors (Lipinski definition) is 4. The van der Waals surface area contributed by atoms with Crippen LogP contribution in [-0.4, -0.2) is 32.6 Å². The molecule has 0 aromatic heterocycles. The van der Waals surface area contributed by atoms with Crippen LogP contribution in [0.2, 0.25) is 0 Å². The van der Waals surface area contributed by atoms with Crippen molar-refractivity contribution >= 4 is 17.5 Å². The van der Waals surface area contributed by atoms with Crippen LogP contribution < -0.4 is 19.7 Å². The molecule has 1 N–H and O–H groups in total. The van der Waals surface area contributed by atoms with E-state index in [4.69, 9.17) is 9.47 Å².